The molecular weight excluding hydrogens is 332 g/mol. The van der Waals surface area contributed by atoms with Crippen LogP contribution in [0.15, 0.2) is 48.5 Å². The van der Waals surface area contributed by atoms with E-state index in [0.717, 1.165) is 18.7 Å². The maximum atomic E-state index is 12.2. The fraction of sp³-hybridized carbons (Fsp3) is 0.300. The predicted molar refractivity (Wildman–Crippen MR) is 99.8 cm³/mol. The molecule has 26 heavy (non-hydrogen) atoms. The highest BCUT2D eigenvalue weighted by Crippen LogP contribution is 2.26. The Hall–Kier alpha value is -3.02. The molecule has 2 aromatic rings. The number of rotatable bonds is 7. The number of nitrogens with zero attached hydrogens (tertiary/aromatic N) is 1. The van der Waals surface area contributed by atoms with Crippen LogP contribution < -0.4 is 19.7 Å². The van der Waals surface area contributed by atoms with Gasteiger partial charge in [0.15, 0.2) is 6.61 Å². The van der Waals surface area contributed by atoms with Crippen molar-refractivity contribution >= 4 is 23.2 Å². The first kappa shape index (κ1) is 17.8. The zero-order chi connectivity index (χ0) is 18.4. The summed E-state index contributed by atoms with van der Waals surface area (Å²) >= 11 is 0. The standard InChI is InChI=1S/C20H22N2O4/c1-2-25-18-10-4-3-9-17(18)21-19(23)14-26-16-8-5-7-15(13-16)22-12-6-11-20(22)24/h3-5,7-10,13H,2,6,11-12,14H2,1H3,(H,21,23). The Morgan fingerprint density at radius 3 is 2.77 bits per heavy atom. The molecule has 0 radical (unpaired) electrons. The molecule has 0 bridgehead atoms. The van der Waals surface area contributed by atoms with Gasteiger partial charge in [-0.05, 0) is 37.6 Å². The van der Waals surface area contributed by atoms with Gasteiger partial charge in [-0.3, -0.25) is 9.59 Å². The minimum atomic E-state index is -0.278. The first-order valence-corrected chi connectivity index (χ1v) is 8.72. The number of carbonyl (C=O) groups is 2. The molecule has 136 valence electrons. The Labute approximate surface area is 152 Å². The van der Waals surface area contributed by atoms with Gasteiger partial charge in [-0.25, -0.2) is 0 Å². The van der Waals surface area contributed by atoms with Crippen molar-refractivity contribution in [3.05, 3.63) is 48.5 Å². The maximum Gasteiger partial charge on any atom is 0.262 e. The molecule has 1 heterocycles. The molecule has 0 unspecified atom stereocenters. The monoisotopic (exact) mass is 354 g/mol. The van der Waals surface area contributed by atoms with Crippen LogP contribution >= 0.6 is 0 Å². The van der Waals surface area contributed by atoms with Crippen LogP contribution in [-0.4, -0.2) is 31.6 Å². The Kier molecular flexibility index (Phi) is 5.73. The first-order chi connectivity index (χ1) is 12.7. The van der Waals surface area contributed by atoms with E-state index in [1.165, 1.54) is 0 Å². The third-order valence-corrected chi connectivity index (χ3v) is 4.03. The molecule has 0 spiro atoms. The number of benzene rings is 2. The molecule has 0 saturated carbocycles. The molecule has 0 aliphatic carbocycles. The summed E-state index contributed by atoms with van der Waals surface area (Å²) in [6.45, 7) is 3.00. The van der Waals surface area contributed by atoms with Crippen molar-refractivity contribution in [3.8, 4) is 11.5 Å². The maximum absolute atomic E-state index is 12.2. The van der Waals surface area contributed by atoms with E-state index in [1.807, 2.05) is 31.2 Å². The average molecular weight is 354 g/mol. The van der Waals surface area contributed by atoms with Crippen LogP contribution in [-0.2, 0) is 9.59 Å². The summed E-state index contributed by atoms with van der Waals surface area (Å²) in [7, 11) is 0. The largest absolute Gasteiger partial charge is 0.492 e. The summed E-state index contributed by atoms with van der Waals surface area (Å²) in [5, 5.41) is 2.79. The zero-order valence-electron chi connectivity index (χ0n) is 14.7. The van der Waals surface area contributed by atoms with Crippen LogP contribution in [0.1, 0.15) is 19.8 Å². The second kappa shape index (κ2) is 8.38. The van der Waals surface area contributed by atoms with Crippen molar-refractivity contribution in [1.82, 2.24) is 0 Å². The summed E-state index contributed by atoms with van der Waals surface area (Å²) in [5.41, 5.74) is 1.41. The van der Waals surface area contributed by atoms with Gasteiger partial charge in [0.25, 0.3) is 5.91 Å². The van der Waals surface area contributed by atoms with E-state index in [0.29, 0.717) is 30.2 Å². The summed E-state index contributed by atoms with van der Waals surface area (Å²) in [5.74, 6) is 1.01. The van der Waals surface area contributed by atoms with Gasteiger partial charge in [0, 0.05) is 24.7 Å². The molecular formula is C20H22N2O4. The molecule has 1 fully saturated rings. The lowest BCUT2D eigenvalue weighted by Gasteiger charge is -2.17. The first-order valence-electron chi connectivity index (χ1n) is 8.72. The van der Waals surface area contributed by atoms with Crippen molar-refractivity contribution in [2.24, 2.45) is 0 Å². The SMILES string of the molecule is CCOc1ccccc1NC(=O)COc1cccc(N2CCCC2=O)c1. The summed E-state index contributed by atoms with van der Waals surface area (Å²) in [6.07, 6.45) is 1.44. The predicted octanol–water partition coefficient (Wildman–Crippen LogP) is 3.23. The molecule has 2 amide bonds. The number of amides is 2. The molecule has 1 aliphatic rings. The van der Waals surface area contributed by atoms with Crippen LogP contribution in [0, 0.1) is 0 Å². The van der Waals surface area contributed by atoms with E-state index in [2.05, 4.69) is 5.32 Å². The van der Waals surface area contributed by atoms with Crippen LogP contribution in [0.2, 0.25) is 0 Å². The third-order valence-electron chi connectivity index (χ3n) is 4.03. The van der Waals surface area contributed by atoms with Crippen molar-refractivity contribution in [2.75, 3.05) is 30.0 Å². The van der Waals surface area contributed by atoms with Gasteiger partial charge in [0.05, 0.1) is 12.3 Å². The van der Waals surface area contributed by atoms with Gasteiger partial charge in [0.2, 0.25) is 5.91 Å². The highest BCUT2D eigenvalue weighted by molar-refractivity contribution is 5.95. The average Bonchev–Trinajstić information content (AvgIpc) is 3.08. The van der Waals surface area contributed by atoms with E-state index in [1.54, 1.807) is 29.2 Å². The molecule has 0 aromatic heterocycles. The smallest absolute Gasteiger partial charge is 0.262 e. The van der Waals surface area contributed by atoms with E-state index in [9.17, 15) is 9.59 Å². The van der Waals surface area contributed by atoms with Crippen molar-refractivity contribution in [1.29, 1.82) is 0 Å². The van der Waals surface area contributed by atoms with E-state index >= 15 is 0 Å². The van der Waals surface area contributed by atoms with Gasteiger partial charge >= 0.3 is 0 Å². The van der Waals surface area contributed by atoms with Gasteiger partial charge in [0.1, 0.15) is 11.5 Å². The Morgan fingerprint density at radius 2 is 2.00 bits per heavy atom. The number of para-hydroxylation sites is 2. The Bertz CT molecular complexity index is 791. The molecule has 0 atom stereocenters. The number of ether oxygens (including phenoxy) is 2. The fourth-order valence-electron chi connectivity index (χ4n) is 2.85. The van der Waals surface area contributed by atoms with Crippen LogP contribution in [0.3, 0.4) is 0 Å². The summed E-state index contributed by atoms with van der Waals surface area (Å²) < 4.78 is 11.1. The molecule has 6 nitrogen and oxygen atoms in total. The normalized spacial score (nSPS) is 13.6. The van der Waals surface area contributed by atoms with Crippen molar-refractivity contribution < 1.29 is 19.1 Å². The van der Waals surface area contributed by atoms with Gasteiger partial charge in [-0.15, -0.1) is 0 Å². The second-order valence-electron chi connectivity index (χ2n) is 5.91. The topological polar surface area (TPSA) is 67.9 Å². The minimum absolute atomic E-state index is 0.118. The lowest BCUT2D eigenvalue weighted by Crippen LogP contribution is -2.24. The molecule has 1 aliphatic heterocycles. The fourth-order valence-corrected chi connectivity index (χ4v) is 2.85. The second-order valence-corrected chi connectivity index (χ2v) is 5.91. The minimum Gasteiger partial charge on any atom is -0.492 e. The molecule has 2 aromatic carbocycles. The number of nitrogens with one attached hydrogen (secondary N) is 1. The van der Waals surface area contributed by atoms with E-state index in [4.69, 9.17) is 9.47 Å². The van der Waals surface area contributed by atoms with Crippen LogP contribution in [0.25, 0.3) is 0 Å². The lowest BCUT2D eigenvalue weighted by atomic mass is 10.2. The summed E-state index contributed by atoms with van der Waals surface area (Å²) in [4.78, 5) is 25.8. The molecule has 1 N–H and O–H groups in total. The van der Waals surface area contributed by atoms with E-state index in [-0.39, 0.29) is 18.4 Å². The van der Waals surface area contributed by atoms with E-state index < -0.39 is 0 Å². The Balaban J connectivity index is 1.59. The lowest BCUT2D eigenvalue weighted by molar-refractivity contribution is -0.118. The van der Waals surface area contributed by atoms with Crippen LogP contribution in [0.5, 0.6) is 11.5 Å². The van der Waals surface area contributed by atoms with Crippen LogP contribution in [0.4, 0.5) is 11.4 Å². The Morgan fingerprint density at radius 1 is 1.15 bits per heavy atom. The quantitative estimate of drug-likeness (QED) is 0.829. The third kappa shape index (κ3) is 4.33. The highest BCUT2D eigenvalue weighted by atomic mass is 16.5. The zero-order valence-corrected chi connectivity index (χ0v) is 14.7. The number of hydrogen-bond acceptors (Lipinski definition) is 4. The summed E-state index contributed by atoms with van der Waals surface area (Å²) in [6, 6.07) is 14.5. The molecule has 1 saturated heterocycles. The van der Waals surface area contributed by atoms with Gasteiger partial charge < -0.3 is 19.7 Å². The molecule has 6 heteroatoms. The molecule has 3 rings (SSSR count). The number of anilines is 2. The number of carbonyl (C=O) groups excluding carboxylic acids is 2. The van der Waals surface area contributed by atoms with Crippen molar-refractivity contribution in [3.63, 3.8) is 0 Å². The van der Waals surface area contributed by atoms with Crippen molar-refractivity contribution in [2.45, 2.75) is 19.8 Å². The van der Waals surface area contributed by atoms with Gasteiger partial charge in [-0.1, -0.05) is 18.2 Å². The van der Waals surface area contributed by atoms with Gasteiger partial charge in [-0.2, -0.15) is 0 Å². The highest BCUT2D eigenvalue weighted by Gasteiger charge is 2.21. The number of hydrogen-bond donors (Lipinski definition) is 1.